The van der Waals surface area contributed by atoms with Crippen LogP contribution in [0.2, 0.25) is 0 Å². The van der Waals surface area contributed by atoms with Gasteiger partial charge in [0.1, 0.15) is 18.1 Å². The topological polar surface area (TPSA) is 158 Å². The molecule has 9 heterocycles. The van der Waals surface area contributed by atoms with E-state index in [0.29, 0.717) is 81.1 Å². The molecule has 2 aromatic carbocycles. The van der Waals surface area contributed by atoms with Gasteiger partial charge in [0.25, 0.3) is 12.3 Å². The summed E-state index contributed by atoms with van der Waals surface area (Å²) in [5.74, 6) is -0.0830. The van der Waals surface area contributed by atoms with Crippen LogP contribution >= 0.6 is 0 Å². The van der Waals surface area contributed by atoms with Crippen molar-refractivity contribution >= 4 is 40.3 Å². The van der Waals surface area contributed by atoms with Crippen LogP contribution in [0.5, 0.6) is 0 Å². The van der Waals surface area contributed by atoms with Crippen molar-refractivity contribution < 1.29 is 32.7 Å². The minimum absolute atomic E-state index is 0.0456. The third-order valence-corrected chi connectivity index (χ3v) is 20.5. The number of likely N-dealkylation sites (tertiary alicyclic amines) is 2. The van der Waals surface area contributed by atoms with E-state index in [9.17, 15) is 9.59 Å². The highest BCUT2D eigenvalue weighted by Crippen LogP contribution is 2.47. The van der Waals surface area contributed by atoms with Gasteiger partial charge in [-0.05, 0) is 155 Å². The average Bonchev–Trinajstić information content (AvgIpc) is 4.28. The van der Waals surface area contributed by atoms with Gasteiger partial charge in [-0.1, -0.05) is 58.7 Å². The molecule has 9 aliphatic rings. The number of halogens is 2. The number of esters is 1. The van der Waals surface area contributed by atoms with Crippen LogP contribution in [0.3, 0.4) is 0 Å². The van der Waals surface area contributed by atoms with E-state index in [1.165, 1.54) is 36.8 Å². The Morgan fingerprint density at radius 2 is 1.68 bits per heavy atom. The fourth-order valence-electron chi connectivity index (χ4n) is 16.0. The SMILES string of the molecule is CCn1c(-c2cc(N3CCN4CCC[C@@H]4C3)cnc2C(C)C)c2c3cc(ccc31)-c1cc(cc(C(F)F)c1)C[C@H](NC(=O)[C@H](C1CCCC1)N1CC[C@]3(CCN(C(=O)[C@@H]4N[C@@H]4C4CC4)C3)C1)C(=O)N1CCC[C@H](N1)C(=O)OCC(C)(C)C2. The van der Waals surface area contributed by atoms with Crippen LogP contribution in [0.25, 0.3) is 33.3 Å². The number of anilines is 1. The second-order valence-corrected chi connectivity index (χ2v) is 27.4. The maximum Gasteiger partial charge on any atom is 0.324 e. The van der Waals surface area contributed by atoms with Gasteiger partial charge in [-0.3, -0.25) is 44.3 Å². The highest BCUT2D eigenvalue weighted by molar-refractivity contribution is 5.96. The summed E-state index contributed by atoms with van der Waals surface area (Å²) < 4.78 is 39.5. The molecule has 2 aromatic heterocycles. The first kappa shape index (κ1) is 55.7. The van der Waals surface area contributed by atoms with Crippen LogP contribution in [0.4, 0.5) is 14.5 Å². The van der Waals surface area contributed by atoms with E-state index < -0.39 is 41.8 Å². The highest BCUT2D eigenvalue weighted by atomic mass is 19.3. The number of carbonyl (C=O) groups excluding carboxylic acids is 4. The Hall–Kier alpha value is -5.49. The summed E-state index contributed by atoms with van der Waals surface area (Å²) in [4.78, 5) is 73.4. The molecule has 440 valence electrons. The zero-order chi connectivity index (χ0) is 56.8. The summed E-state index contributed by atoms with van der Waals surface area (Å²) in [7, 11) is 0. The average molecular weight is 1130 g/mol. The lowest BCUT2D eigenvalue weighted by Gasteiger charge is -2.39. The molecule has 7 atom stereocenters. The molecule has 2 aliphatic carbocycles. The van der Waals surface area contributed by atoms with Gasteiger partial charge in [0, 0.05) is 104 Å². The Morgan fingerprint density at radius 3 is 2.46 bits per heavy atom. The molecule has 4 aromatic rings. The van der Waals surface area contributed by atoms with Gasteiger partial charge in [0.05, 0.1) is 35.9 Å². The molecule has 0 radical (unpaired) electrons. The van der Waals surface area contributed by atoms with E-state index >= 15 is 18.4 Å². The first-order valence-electron chi connectivity index (χ1n) is 31.4. The van der Waals surface area contributed by atoms with Crippen LogP contribution in [0.15, 0.2) is 48.7 Å². The van der Waals surface area contributed by atoms with Crippen LogP contribution in [-0.2, 0) is 43.3 Å². The Kier molecular flexibility index (Phi) is 15.1. The monoisotopic (exact) mass is 1120 g/mol. The number of aromatic nitrogens is 2. The van der Waals surface area contributed by atoms with Gasteiger partial charge in [0.15, 0.2) is 0 Å². The Labute approximate surface area is 482 Å². The molecule has 15 nitrogen and oxygen atoms in total. The number of fused-ring (bicyclic) bond motifs is 7. The number of carbonyl (C=O) groups is 4. The van der Waals surface area contributed by atoms with Gasteiger partial charge in [-0.15, -0.1) is 0 Å². The molecule has 6 saturated heterocycles. The molecule has 13 rings (SSSR count). The molecule has 6 bridgehead atoms. The lowest BCUT2D eigenvalue weighted by atomic mass is 9.83. The van der Waals surface area contributed by atoms with Crippen molar-refractivity contribution in [3.05, 3.63) is 71.0 Å². The van der Waals surface area contributed by atoms with Crippen molar-refractivity contribution in [3.8, 4) is 22.4 Å². The quantitative estimate of drug-likeness (QED) is 0.0976. The second kappa shape index (κ2) is 22.2. The molecule has 1 spiro atoms. The number of pyridine rings is 1. The van der Waals surface area contributed by atoms with Crippen LogP contribution in [-0.4, -0.2) is 155 Å². The smallest absolute Gasteiger partial charge is 0.324 e. The fourth-order valence-corrected chi connectivity index (χ4v) is 16.0. The minimum Gasteiger partial charge on any atom is -0.464 e. The first-order chi connectivity index (χ1) is 39.5. The number of nitrogens with one attached hydrogen (secondary N) is 3. The van der Waals surface area contributed by atoms with Gasteiger partial charge in [-0.2, -0.15) is 0 Å². The number of ether oxygens (including phenoxy) is 1. The summed E-state index contributed by atoms with van der Waals surface area (Å²) in [6, 6.07) is 11.9. The summed E-state index contributed by atoms with van der Waals surface area (Å²) >= 11 is 0. The van der Waals surface area contributed by atoms with E-state index in [-0.39, 0.29) is 53.7 Å². The molecule has 3 N–H and O–H groups in total. The maximum absolute atomic E-state index is 15.4. The van der Waals surface area contributed by atoms with Crippen LogP contribution in [0, 0.1) is 22.7 Å². The van der Waals surface area contributed by atoms with Crippen LogP contribution < -0.4 is 21.0 Å². The summed E-state index contributed by atoms with van der Waals surface area (Å²) in [6.07, 6.45) is 11.1. The Balaban J connectivity index is 0.862. The summed E-state index contributed by atoms with van der Waals surface area (Å²) in [5, 5.41) is 9.17. The van der Waals surface area contributed by atoms with Gasteiger partial charge < -0.3 is 24.4 Å². The number of benzene rings is 2. The van der Waals surface area contributed by atoms with Crippen LogP contribution in [0.1, 0.15) is 146 Å². The fraction of sp³-hybridized carbons (Fsp3) is 0.646. The number of rotatable bonds is 11. The normalized spacial score (nSPS) is 28.6. The predicted octanol–water partition coefficient (Wildman–Crippen LogP) is 8.62. The largest absolute Gasteiger partial charge is 0.464 e. The van der Waals surface area contributed by atoms with E-state index in [2.05, 4.69) is 99.2 Å². The zero-order valence-corrected chi connectivity index (χ0v) is 49.0. The van der Waals surface area contributed by atoms with Gasteiger partial charge in [-0.25, -0.2) is 14.2 Å². The third kappa shape index (κ3) is 10.9. The number of hydrogen-bond acceptors (Lipinski definition) is 11. The molecule has 8 fully saturated rings. The molecular formula is C65H86F2N10O5. The van der Waals surface area contributed by atoms with E-state index in [0.717, 1.165) is 116 Å². The van der Waals surface area contributed by atoms with Gasteiger partial charge >= 0.3 is 5.97 Å². The number of hydrazine groups is 1. The molecule has 2 saturated carbocycles. The van der Waals surface area contributed by atoms with Crippen molar-refractivity contribution in [3.63, 3.8) is 0 Å². The number of nitrogens with zero attached hydrogens (tertiary/aromatic N) is 7. The number of cyclic esters (lactones) is 1. The maximum atomic E-state index is 15.4. The molecule has 7 aliphatic heterocycles. The van der Waals surface area contributed by atoms with Crippen molar-refractivity contribution in [2.45, 2.75) is 180 Å². The number of amides is 3. The zero-order valence-electron chi connectivity index (χ0n) is 49.0. The van der Waals surface area contributed by atoms with E-state index in [1.807, 2.05) is 12.1 Å². The second-order valence-electron chi connectivity index (χ2n) is 27.4. The number of aryl methyl sites for hydroxylation is 1. The highest BCUT2D eigenvalue weighted by Gasteiger charge is 2.55. The first-order valence-corrected chi connectivity index (χ1v) is 31.4. The summed E-state index contributed by atoms with van der Waals surface area (Å²) in [6.45, 7) is 18.8. The van der Waals surface area contributed by atoms with Crippen molar-refractivity contribution in [1.82, 2.24) is 45.3 Å². The molecule has 0 unspecified atom stereocenters. The number of hydrogen-bond donors (Lipinski definition) is 3. The molecule has 17 heteroatoms. The third-order valence-electron chi connectivity index (χ3n) is 20.5. The molecule has 3 amide bonds. The predicted molar refractivity (Wildman–Crippen MR) is 313 cm³/mol. The van der Waals surface area contributed by atoms with E-state index in [4.69, 9.17) is 9.72 Å². The Morgan fingerprint density at radius 1 is 0.878 bits per heavy atom. The Bertz CT molecular complexity index is 3120. The standard InChI is InChI=1S/C65H86F2N10O5/c1-6-76-53-18-17-43-31-48(53)50(58(76)49-32-47(34-68-54(49)39(2)3)73-26-25-72-21-9-13-46(72)35-73)33-64(4,5)38-82-63(81)51-14-10-22-77(71-51)61(79)52(29-40-27-44(43)30-45(28-40)59(66)67)69-60(78)57(42-11-7-8-12-42)74-23-19-65(36-74)20-24-75(37-65)62(80)56-55(70-56)41-15-16-41/h17-18,27-28,30-32,34,39,41-42,46,51-52,55-57,59,70-71H,6-16,19-26,29,33,35-38H2,1-5H3,(H,69,78)/t46-,51+,52+,55-,56-,57+,65+/m1/s1. The lowest BCUT2D eigenvalue weighted by Crippen LogP contribution is -2.62. The van der Waals surface area contributed by atoms with Crippen molar-refractivity contribution in [2.75, 3.05) is 70.4 Å². The molecular weight excluding hydrogens is 1040 g/mol. The lowest BCUT2D eigenvalue weighted by molar-refractivity contribution is -0.155. The van der Waals surface area contributed by atoms with Gasteiger partial charge in [0.2, 0.25) is 11.8 Å². The minimum atomic E-state index is -2.80. The van der Waals surface area contributed by atoms with E-state index in [1.54, 1.807) is 6.07 Å². The van der Waals surface area contributed by atoms with Crippen molar-refractivity contribution in [1.29, 1.82) is 0 Å². The number of alkyl halides is 2. The summed E-state index contributed by atoms with van der Waals surface area (Å²) in [5.41, 5.74) is 10.6. The molecule has 82 heavy (non-hydrogen) atoms. The van der Waals surface area contributed by atoms with Crippen molar-refractivity contribution in [2.24, 2.45) is 22.7 Å². The number of piperazine rings is 1.